The summed E-state index contributed by atoms with van der Waals surface area (Å²) < 4.78 is 0. The van der Waals surface area contributed by atoms with E-state index in [9.17, 15) is 4.79 Å². The Bertz CT molecular complexity index is 63.7. The van der Waals surface area contributed by atoms with Gasteiger partial charge in [0.1, 0.15) is 5.78 Å². The van der Waals surface area contributed by atoms with Gasteiger partial charge in [0, 0.05) is 5.88 Å². The Morgan fingerprint density at radius 1 is 1.30 bits per heavy atom. The molecule has 0 spiro atoms. The summed E-state index contributed by atoms with van der Waals surface area (Å²) in [6, 6.07) is 0. The zero-order valence-electron chi connectivity index (χ0n) is 7.11. The van der Waals surface area contributed by atoms with Gasteiger partial charge in [0.15, 0.2) is 0 Å². The highest BCUT2D eigenvalue weighted by Gasteiger charge is 1.76. The van der Waals surface area contributed by atoms with Crippen LogP contribution < -0.4 is 0 Å². The molecule has 0 unspecified atom stereocenters. The van der Waals surface area contributed by atoms with E-state index in [1.54, 1.807) is 0 Å². The minimum Gasteiger partial charge on any atom is -0.300 e. The lowest BCUT2D eigenvalue weighted by Gasteiger charge is -1.84. The Labute approximate surface area is 68.8 Å². The monoisotopic (exact) mass is 164 g/mol. The molecule has 0 fully saturated rings. The number of halogens is 1. The van der Waals surface area contributed by atoms with E-state index in [0.29, 0.717) is 0 Å². The molecule has 10 heavy (non-hydrogen) atoms. The van der Waals surface area contributed by atoms with Crippen LogP contribution >= 0.6 is 11.6 Å². The van der Waals surface area contributed by atoms with Gasteiger partial charge in [-0.3, -0.25) is 0 Å². The number of carbonyl (C=O) groups excluding carboxylic acids is 1. The first-order valence-corrected chi connectivity index (χ1v) is 4.21. The van der Waals surface area contributed by atoms with E-state index >= 15 is 0 Å². The van der Waals surface area contributed by atoms with E-state index in [4.69, 9.17) is 11.6 Å². The lowest BCUT2D eigenvalue weighted by Crippen LogP contribution is -1.70. The molecule has 0 rings (SSSR count). The second kappa shape index (κ2) is 11.7. The van der Waals surface area contributed by atoms with Gasteiger partial charge >= 0.3 is 0 Å². The highest BCUT2D eigenvalue weighted by Crippen LogP contribution is 1.93. The van der Waals surface area contributed by atoms with Gasteiger partial charge in [0.25, 0.3) is 0 Å². The van der Waals surface area contributed by atoms with Gasteiger partial charge < -0.3 is 4.79 Å². The first-order valence-electron chi connectivity index (χ1n) is 3.68. The molecular weight excluding hydrogens is 148 g/mol. The summed E-state index contributed by atoms with van der Waals surface area (Å²) in [6.07, 6.45) is 3.73. The summed E-state index contributed by atoms with van der Waals surface area (Å²) in [5.41, 5.74) is 0. The van der Waals surface area contributed by atoms with Crippen molar-refractivity contribution in [1.82, 2.24) is 0 Å². The van der Waals surface area contributed by atoms with E-state index in [0.717, 1.165) is 5.88 Å². The molecule has 0 aromatic carbocycles. The van der Waals surface area contributed by atoms with Crippen molar-refractivity contribution in [2.45, 2.75) is 40.0 Å². The number of alkyl halides is 1. The number of Topliss-reactive ketones (excluding diaryl/α,β-unsaturated/α-hetero) is 1. The van der Waals surface area contributed by atoms with Crippen LogP contribution in [0.4, 0.5) is 0 Å². The first kappa shape index (κ1) is 12.6. The van der Waals surface area contributed by atoms with Crippen LogP contribution in [0.1, 0.15) is 40.0 Å². The highest BCUT2D eigenvalue weighted by atomic mass is 35.5. The molecule has 0 bridgehead atoms. The van der Waals surface area contributed by atoms with Crippen molar-refractivity contribution in [3.63, 3.8) is 0 Å². The third-order valence-corrected chi connectivity index (χ3v) is 1.00. The second-order valence-corrected chi connectivity index (χ2v) is 2.68. The van der Waals surface area contributed by atoms with Crippen LogP contribution in [0, 0.1) is 0 Å². The maximum absolute atomic E-state index is 9.44. The van der Waals surface area contributed by atoms with Gasteiger partial charge in [0.05, 0.1) is 0 Å². The van der Waals surface area contributed by atoms with E-state index < -0.39 is 0 Å². The van der Waals surface area contributed by atoms with Crippen molar-refractivity contribution in [3.8, 4) is 0 Å². The van der Waals surface area contributed by atoms with Crippen molar-refractivity contribution in [2.24, 2.45) is 0 Å². The lowest BCUT2D eigenvalue weighted by atomic mass is 10.3. The third kappa shape index (κ3) is 44.0. The van der Waals surface area contributed by atoms with E-state index in [1.807, 2.05) is 0 Å². The van der Waals surface area contributed by atoms with Crippen molar-refractivity contribution >= 4 is 17.4 Å². The molecule has 1 nitrogen and oxygen atoms in total. The predicted octanol–water partition coefficient (Wildman–Crippen LogP) is 3.01. The summed E-state index contributed by atoms with van der Waals surface area (Å²) in [6.45, 7) is 5.23. The van der Waals surface area contributed by atoms with Crippen LogP contribution in [-0.4, -0.2) is 11.7 Å². The van der Waals surface area contributed by atoms with Crippen LogP contribution in [-0.2, 0) is 4.79 Å². The highest BCUT2D eigenvalue weighted by molar-refractivity contribution is 6.17. The molecule has 0 aliphatic heterocycles. The number of unbranched alkanes of at least 4 members (excludes halogenated alkanes) is 2. The fraction of sp³-hybridized carbons (Fsp3) is 0.875. The van der Waals surface area contributed by atoms with Gasteiger partial charge in [-0.2, -0.15) is 0 Å². The SMILES string of the molecule is CC(C)=O.CCCCCCl. The van der Waals surface area contributed by atoms with Crippen molar-refractivity contribution in [1.29, 1.82) is 0 Å². The number of hydrogen-bond donors (Lipinski definition) is 0. The Hall–Kier alpha value is -0.0400. The van der Waals surface area contributed by atoms with E-state index in [2.05, 4.69) is 6.92 Å². The molecule has 0 radical (unpaired) electrons. The van der Waals surface area contributed by atoms with Crippen LogP contribution in [0.2, 0.25) is 0 Å². The Morgan fingerprint density at radius 3 is 1.80 bits per heavy atom. The molecule has 0 atom stereocenters. The van der Waals surface area contributed by atoms with Gasteiger partial charge in [-0.15, -0.1) is 11.6 Å². The standard InChI is InChI=1S/C5H11Cl.C3H6O/c1-2-3-4-5-6;1-3(2)4/h2-5H2,1H3;1-2H3. The molecule has 0 aromatic heterocycles. The van der Waals surface area contributed by atoms with Crippen molar-refractivity contribution in [2.75, 3.05) is 5.88 Å². The number of rotatable bonds is 3. The third-order valence-electron chi connectivity index (χ3n) is 0.737. The van der Waals surface area contributed by atoms with Crippen LogP contribution in [0.25, 0.3) is 0 Å². The van der Waals surface area contributed by atoms with E-state index in [-0.39, 0.29) is 5.78 Å². The first-order chi connectivity index (χ1) is 4.65. The fourth-order valence-corrected chi connectivity index (χ4v) is 0.533. The number of ketones is 1. The zero-order chi connectivity index (χ0) is 8.41. The number of hydrogen-bond acceptors (Lipinski definition) is 1. The average molecular weight is 165 g/mol. The molecule has 0 aliphatic carbocycles. The summed E-state index contributed by atoms with van der Waals surface area (Å²) >= 11 is 5.38. The molecule has 0 N–H and O–H groups in total. The molecule has 0 aliphatic rings. The lowest BCUT2D eigenvalue weighted by molar-refractivity contribution is -0.114. The van der Waals surface area contributed by atoms with Gasteiger partial charge in [-0.1, -0.05) is 19.8 Å². The zero-order valence-corrected chi connectivity index (χ0v) is 7.87. The molecule has 62 valence electrons. The van der Waals surface area contributed by atoms with Crippen LogP contribution in [0.3, 0.4) is 0 Å². The number of carbonyl (C=O) groups is 1. The quantitative estimate of drug-likeness (QED) is 0.463. The predicted molar refractivity (Wildman–Crippen MR) is 46.6 cm³/mol. The average Bonchev–Trinajstić information content (AvgIpc) is 1.82. The Balaban J connectivity index is 0. The van der Waals surface area contributed by atoms with Gasteiger partial charge in [-0.25, -0.2) is 0 Å². The van der Waals surface area contributed by atoms with Crippen molar-refractivity contribution < 1.29 is 4.79 Å². The minimum absolute atomic E-state index is 0.167. The Morgan fingerprint density at radius 2 is 1.70 bits per heavy atom. The van der Waals surface area contributed by atoms with Crippen molar-refractivity contribution in [3.05, 3.63) is 0 Å². The maximum Gasteiger partial charge on any atom is 0.126 e. The molecule has 0 saturated carbocycles. The maximum atomic E-state index is 9.44. The summed E-state index contributed by atoms with van der Waals surface area (Å²) in [5, 5.41) is 0. The molecular formula is C8H17ClO. The summed E-state index contributed by atoms with van der Waals surface area (Å²) in [5.74, 6) is 0.994. The van der Waals surface area contributed by atoms with Gasteiger partial charge in [-0.05, 0) is 20.3 Å². The topological polar surface area (TPSA) is 17.1 Å². The fourth-order valence-electron chi connectivity index (χ4n) is 0.344. The van der Waals surface area contributed by atoms with Crippen LogP contribution in [0.5, 0.6) is 0 Å². The second-order valence-electron chi connectivity index (χ2n) is 2.30. The largest absolute Gasteiger partial charge is 0.300 e. The van der Waals surface area contributed by atoms with E-state index in [1.165, 1.54) is 33.1 Å². The summed E-state index contributed by atoms with van der Waals surface area (Å²) in [4.78, 5) is 9.44. The Kier molecular flexibility index (Phi) is 14.8. The molecule has 0 heterocycles. The van der Waals surface area contributed by atoms with Gasteiger partial charge in [0.2, 0.25) is 0 Å². The molecule has 0 aromatic rings. The normalized spacial score (nSPS) is 8.00. The molecule has 0 saturated heterocycles. The molecule has 0 amide bonds. The van der Waals surface area contributed by atoms with Crippen LogP contribution in [0.15, 0.2) is 0 Å². The minimum atomic E-state index is 0.167. The molecule has 2 heteroatoms. The summed E-state index contributed by atoms with van der Waals surface area (Å²) in [7, 11) is 0. The smallest absolute Gasteiger partial charge is 0.126 e.